The zero-order valence-electron chi connectivity index (χ0n) is 15.6. The van der Waals surface area contributed by atoms with E-state index in [1.165, 1.54) is 24.1 Å². The van der Waals surface area contributed by atoms with Crippen molar-refractivity contribution < 1.29 is 22.7 Å². The quantitative estimate of drug-likeness (QED) is 0.868. The molecule has 7 nitrogen and oxygen atoms in total. The van der Waals surface area contributed by atoms with E-state index < -0.39 is 15.4 Å². The molecular formula is C19H22N2O5S. The fourth-order valence-electron chi connectivity index (χ4n) is 2.82. The molecule has 2 aromatic rings. The van der Waals surface area contributed by atoms with E-state index in [1.54, 1.807) is 37.4 Å². The van der Waals surface area contributed by atoms with E-state index in [0.717, 1.165) is 0 Å². The molecule has 0 bridgehead atoms. The van der Waals surface area contributed by atoms with Crippen molar-refractivity contribution in [2.75, 3.05) is 30.4 Å². The molecule has 0 aromatic heterocycles. The third-order valence-corrected chi connectivity index (χ3v) is 5.81. The van der Waals surface area contributed by atoms with Gasteiger partial charge in [0.15, 0.2) is 0 Å². The molecule has 1 aliphatic heterocycles. The smallest absolute Gasteiger partial charge is 0.261 e. The molecule has 0 atom stereocenters. The molecule has 1 N–H and O–H groups in total. The number of nitrogens with zero attached hydrogens (tertiary/aromatic N) is 1. The highest BCUT2D eigenvalue weighted by Crippen LogP contribution is 2.37. The Labute approximate surface area is 158 Å². The van der Waals surface area contributed by atoms with E-state index in [1.807, 2.05) is 13.8 Å². The van der Waals surface area contributed by atoms with Gasteiger partial charge in [0, 0.05) is 13.1 Å². The fourth-order valence-corrected chi connectivity index (χ4v) is 3.87. The van der Waals surface area contributed by atoms with Gasteiger partial charge in [-0.2, -0.15) is 0 Å². The molecule has 0 radical (unpaired) electrons. The molecule has 0 aliphatic carbocycles. The average molecular weight is 390 g/mol. The van der Waals surface area contributed by atoms with Gasteiger partial charge in [-0.25, -0.2) is 8.42 Å². The number of hydrogen-bond acceptors (Lipinski definition) is 5. The number of methoxy groups -OCH3 is 1. The third-order valence-electron chi connectivity index (χ3n) is 4.42. The van der Waals surface area contributed by atoms with Crippen molar-refractivity contribution in [3.8, 4) is 11.5 Å². The van der Waals surface area contributed by atoms with Crippen molar-refractivity contribution in [3.63, 3.8) is 0 Å². The number of carbonyl (C=O) groups excluding carboxylic acids is 1. The summed E-state index contributed by atoms with van der Waals surface area (Å²) in [5.74, 6) is 0.960. The SMILES string of the molecule is COc1ccc(S(=O)(=O)Nc2ccc3c(c2)OCC(C)(C)C(=O)N3C)cc1. The molecule has 0 fully saturated rings. The first-order valence-corrected chi connectivity index (χ1v) is 9.84. The first kappa shape index (κ1) is 19.0. The van der Waals surface area contributed by atoms with Crippen molar-refractivity contribution in [1.82, 2.24) is 0 Å². The van der Waals surface area contributed by atoms with Crippen LogP contribution in [0.5, 0.6) is 11.5 Å². The van der Waals surface area contributed by atoms with Crippen LogP contribution in [0.25, 0.3) is 0 Å². The molecule has 0 saturated carbocycles. The molecule has 1 heterocycles. The summed E-state index contributed by atoms with van der Waals surface area (Å²) < 4.78 is 38.6. The van der Waals surface area contributed by atoms with E-state index in [4.69, 9.17) is 9.47 Å². The van der Waals surface area contributed by atoms with Crippen LogP contribution >= 0.6 is 0 Å². The number of benzene rings is 2. The lowest BCUT2D eigenvalue weighted by Gasteiger charge is -2.24. The maximum atomic E-state index is 12.6. The third kappa shape index (κ3) is 3.71. The van der Waals surface area contributed by atoms with E-state index in [2.05, 4.69) is 4.72 Å². The van der Waals surface area contributed by atoms with Crippen LogP contribution in [0.3, 0.4) is 0 Å². The second kappa shape index (κ2) is 6.77. The Morgan fingerprint density at radius 2 is 1.81 bits per heavy atom. The standard InChI is InChI=1S/C19H22N2O5S/c1-19(2)12-26-17-11-13(5-10-16(17)21(3)18(19)22)20-27(23,24)15-8-6-14(25-4)7-9-15/h5-11,20H,12H2,1-4H3. The van der Waals surface area contributed by atoms with Crippen LogP contribution in [-0.2, 0) is 14.8 Å². The van der Waals surface area contributed by atoms with E-state index in [9.17, 15) is 13.2 Å². The Morgan fingerprint density at radius 1 is 1.15 bits per heavy atom. The van der Waals surface area contributed by atoms with Crippen LogP contribution in [0.1, 0.15) is 13.8 Å². The maximum Gasteiger partial charge on any atom is 0.261 e. The van der Waals surface area contributed by atoms with Gasteiger partial charge in [0.25, 0.3) is 10.0 Å². The number of sulfonamides is 1. The molecule has 3 rings (SSSR count). The fraction of sp³-hybridized carbons (Fsp3) is 0.316. The number of rotatable bonds is 4. The Kier molecular flexibility index (Phi) is 4.77. The summed E-state index contributed by atoms with van der Waals surface area (Å²) in [5.41, 5.74) is 0.277. The first-order chi connectivity index (χ1) is 12.6. The minimum atomic E-state index is -3.76. The molecular weight excluding hydrogens is 368 g/mol. The number of anilines is 2. The van der Waals surface area contributed by atoms with Crippen molar-refractivity contribution in [1.29, 1.82) is 0 Å². The number of fused-ring (bicyclic) bond motifs is 1. The summed E-state index contributed by atoms with van der Waals surface area (Å²) in [6.45, 7) is 3.83. The van der Waals surface area contributed by atoms with Crippen LogP contribution in [0.2, 0.25) is 0 Å². The number of hydrogen-bond donors (Lipinski definition) is 1. The summed E-state index contributed by atoms with van der Waals surface area (Å²) in [7, 11) is -0.569. The van der Waals surface area contributed by atoms with Gasteiger partial charge >= 0.3 is 0 Å². The van der Waals surface area contributed by atoms with Gasteiger partial charge in [0.2, 0.25) is 5.91 Å². The van der Waals surface area contributed by atoms with E-state index in [0.29, 0.717) is 22.9 Å². The predicted molar refractivity (Wildman–Crippen MR) is 103 cm³/mol. The lowest BCUT2D eigenvalue weighted by Crippen LogP contribution is -2.39. The molecule has 144 valence electrons. The molecule has 2 aromatic carbocycles. The van der Waals surface area contributed by atoms with Crippen molar-refractivity contribution in [2.45, 2.75) is 18.7 Å². The Bertz CT molecular complexity index is 968. The average Bonchev–Trinajstić information content (AvgIpc) is 2.72. The van der Waals surface area contributed by atoms with Crippen LogP contribution in [0.4, 0.5) is 11.4 Å². The van der Waals surface area contributed by atoms with E-state index >= 15 is 0 Å². The van der Waals surface area contributed by atoms with Crippen LogP contribution in [0, 0.1) is 5.41 Å². The number of ether oxygens (including phenoxy) is 2. The zero-order valence-corrected chi connectivity index (χ0v) is 16.5. The largest absolute Gasteiger partial charge is 0.497 e. The minimum Gasteiger partial charge on any atom is -0.497 e. The summed E-state index contributed by atoms with van der Waals surface area (Å²) >= 11 is 0. The van der Waals surface area contributed by atoms with Crippen molar-refractivity contribution >= 4 is 27.3 Å². The number of nitrogens with one attached hydrogen (secondary N) is 1. The highest BCUT2D eigenvalue weighted by molar-refractivity contribution is 7.92. The van der Waals surface area contributed by atoms with Crippen LogP contribution in [-0.4, -0.2) is 35.1 Å². The second-order valence-corrected chi connectivity index (χ2v) is 8.68. The molecule has 0 unspecified atom stereocenters. The maximum absolute atomic E-state index is 12.6. The van der Waals surface area contributed by atoms with Gasteiger partial charge in [0.1, 0.15) is 18.1 Å². The van der Waals surface area contributed by atoms with Crippen molar-refractivity contribution in [2.24, 2.45) is 5.41 Å². The Balaban J connectivity index is 1.89. The lowest BCUT2D eigenvalue weighted by molar-refractivity contribution is -0.127. The highest BCUT2D eigenvalue weighted by Gasteiger charge is 2.36. The van der Waals surface area contributed by atoms with Gasteiger partial charge in [-0.05, 0) is 50.2 Å². The summed E-state index contributed by atoms with van der Waals surface area (Å²) in [6.07, 6.45) is 0. The second-order valence-electron chi connectivity index (χ2n) is 7.00. The van der Waals surface area contributed by atoms with Gasteiger partial charge in [-0.1, -0.05) is 0 Å². The van der Waals surface area contributed by atoms with E-state index in [-0.39, 0.29) is 17.4 Å². The molecule has 0 spiro atoms. The van der Waals surface area contributed by atoms with Crippen LogP contribution < -0.4 is 19.1 Å². The first-order valence-electron chi connectivity index (χ1n) is 8.36. The minimum absolute atomic E-state index is 0.0622. The van der Waals surface area contributed by atoms with Gasteiger partial charge < -0.3 is 14.4 Å². The monoisotopic (exact) mass is 390 g/mol. The zero-order chi connectivity index (χ0) is 19.8. The molecule has 27 heavy (non-hydrogen) atoms. The van der Waals surface area contributed by atoms with Gasteiger partial charge in [-0.3, -0.25) is 9.52 Å². The molecule has 1 amide bonds. The molecule has 8 heteroatoms. The van der Waals surface area contributed by atoms with Gasteiger partial charge in [-0.15, -0.1) is 0 Å². The summed E-state index contributed by atoms with van der Waals surface area (Å²) in [6, 6.07) is 11.0. The Morgan fingerprint density at radius 3 is 2.44 bits per heavy atom. The van der Waals surface area contributed by atoms with Crippen LogP contribution in [0.15, 0.2) is 47.4 Å². The number of amides is 1. The van der Waals surface area contributed by atoms with Crippen molar-refractivity contribution in [3.05, 3.63) is 42.5 Å². The normalized spacial score (nSPS) is 16.1. The lowest BCUT2D eigenvalue weighted by atomic mass is 9.93. The number of carbonyl (C=O) groups is 1. The summed E-state index contributed by atoms with van der Waals surface area (Å²) in [5, 5.41) is 0. The predicted octanol–water partition coefficient (Wildman–Crippen LogP) is 2.88. The summed E-state index contributed by atoms with van der Waals surface area (Å²) in [4.78, 5) is 14.2. The van der Waals surface area contributed by atoms with Gasteiger partial charge in [0.05, 0.1) is 28.8 Å². The topological polar surface area (TPSA) is 84.9 Å². The Hall–Kier alpha value is -2.74. The molecule has 1 aliphatic rings. The molecule has 0 saturated heterocycles. The highest BCUT2D eigenvalue weighted by atomic mass is 32.2.